The minimum absolute atomic E-state index is 0.102. The Bertz CT molecular complexity index is 1810. The van der Waals surface area contributed by atoms with Gasteiger partial charge in [-0.1, -0.05) is 23.7 Å². The van der Waals surface area contributed by atoms with Crippen molar-refractivity contribution in [1.29, 1.82) is 5.26 Å². The van der Waals surface area contributed by atoms with E-state index < -0.39 is 25.6 Å². The molecular formula is C31H30ClN5O3. The molecule has 0 saturated carbocycles. The van der Waals surface area contributed by atoms with Crippen LogP contribution in [0.15, 0.2) is 73.1 Å². The van der Waals surface area contributed by atoms with Gasteiger partial charge in [0, 0.05) is 52.2 Å². The van der Waals surface area contributed by atoms with Gasteiger partial charge < -0.3 is 19.7 Å². The van der Waals surface area contributed by atoms with Gasteiger partial charge in [-0.3, -0.25) is 14.8 Å². The largest absolute Gasteiger partial charge is 0.494 e. The Morgan fingerprint density at radius 3 is 2.83 bits per heavy atom. The average Bonchev–Trinajstić information content (AvgIpc) is 2.99. The van der Waals surface area contributed by atoms with Gasteiger partial charge in [-0.15, -0.1) is 0 Å². The Morgan fingerprint density at radius 1 is 1.23 bits per heavy atom. The zero-order valence-corrected chi connectivity index (χ0v) is 22.6. The first-order valence-electron chi connectivity index (χ1n) is 15.2. The number of pyridine rings is 2. The number of ketones is 1. The molecule has 2 aromatic carbocycles. The highest BCUT2D eigenvalue weighted by molar-refractivity contribution is 6.32. The first-order valence-corrected chi connectivity index (χ1v) is 12.5. The van der Waals surface area contributed by atoms with E-state index in [0.29, 0.717) is 34.1 Å². The second kappa shape index (κ2) is 13.6. The van der Waals surface area contributed by atoms with Crippen molar-refractivity contribution in [2.24, 2.45) is 0 Å². The quantitative estimate of drug-likeness (QED) is 0.207. The fourth-order valence-electron chi connectivity index (χ4n) is 3.81. The highest BCUT2D eigenvalue weighted by Crippen LogP contribution is 2.36. The van der Waals surface area contributed by atoms with Crippen molar-refractivity contribution in [1.82, 2.24) is 14.9 Å². The maximum atomic E-state index is 13.0. The van der Waals surface area contributed by atoms with Gasteiger partial charge in [-0.25, -0.2) is 0 Å². The summed E-state index contributed by atoms with van der Waals surface area (Å²) >= 11 is 6.51. The third kappa shape index (κ3) is 7.35. The van der Waals surface area contributed by atoms with E-state index >= 15 is 0 Å². The van der Waals surface area contributed by atoms with E-state index in [0.717, 1.165) is 5.69 Å². The van der Waals surface area contributed by atoms with Crippen LogP contribution in [0.2, 0.25) is 5.02 Å². The normalized spacial score (nSPS) is 14.2. The number of nitrogens with one attached hydrogen (secondary N) is 1. The third-order valence-corrected chi connectivity index (χ3v) is 6.00. The van der Waals surface area contributed by atoms with Gasteiger partial charge in [0.1, 0.15) is 24.2 Å². The minimum atomic E-state index is -3.15. The van der Waals surface area contributed by atoms with Crippen molar-refractivity contribution in [3.63, 3.8) is 0 Å². The van der Waals surface area contributed by atoms with Gasteiger partial charge in [-0.2, -0.15) is 5.26 Å². The molecule has 0 radical (unpaired) electrons. The van der Waals surface area contributed by atoms with Crippen LogP contribution in [0, 0.1) is 11.3 Å². The van der Waals surface area contributed by atoms with Gasteiger partial charge in [0.25, 0.3) is 0 Å². The number of halogens is 1. The van der Waals surface area contributed by atoms with E-state index in [2.05, 4.69) is 21.4 Å². The van der Waals surface area contributed by atoms with Gasteiger partial charge in [-0.05, 0) is 63.4 Å². The summed E-state index contributed by atoms with van der Waals surface area (Å²) in [6.07, 6.45) is 3.99. The Hall–Kier alpha value is -4.45. The lowest BCUT2D eigenvalue weighted by molar-refractivity contribution is -0.114. The maximum absolute atomic E-state index is 13.0. The molecule has 0 aliphatic heterocycles. The fraction of sp³-hybridized carbons (Fsp3) is 0.226. The van der Waals surface area contributed by atoms with E-state index in [1.165, 1.54) is 24.4 Å². The van der Waals surface area contributed by atoms with Gasteiger partial charge in [0.2, 0.25) is 0 Å². The molecule has 2 heterocycles. The number of nitrogens with zero attached hydrogens (tertiary/aromatic N) is 4. The van der Waals surface area contributed by atoms with Crippen LogP contribution in [-0.4, -0.2) is 47.9 Å². The zero-order chi connectivity index (χ0) is 33.6. The van der Waals surface area contributed by atoms with Crippen molar-refractivity contribution < 1.29 is 22.5 Å². The zero-order valence-electron chi connectivity index (χ0n) is 27.9. The number of carbonyl (C=O) groups is 1. The lowest BCUT2D eigenvalue weighted by Crippen LogP contribution is -2.11. The van der Waals surface area contributed by atoms with Crippen LogP contribution in [0.1, 0.15) is 31.9 Å². The van der Waals surface area contributed by atoms with Crippen LogP contribution in [0.3, 0.4) is 0 Å². The molecule has 0 aliphatic rings. The molecule has 40 heavy (non-hydrogen) atoms. The van der Waals surface area contributed by atoms with Crippen LogP contribution in [0.4, 0.5) is 11.4 Å². The highest BCUT2D eigenvalue weighted by atomic mass is 35.5. The summed E-state index contributed by atoms with van der Waals surface area (Å²) in [5.41, 5.74) is 2.00. The number of benzene rings is 2. The van der Waals surface area contributed by atoms with Gasteiger partial charge >= 0.3 is 0 Å². The molecule has 0 fully saturated rings. The molecule has 0 saturated heterocycles. The predicted molar refractivity (Wildman–Crippen MR) is 157 cm³/mol. The SMILES string of the molecule is [2H]/C(=C\CN(C)C)C(=O)Cc1cc2c(Nc3ccc(OCc4ccccn4)c(Cl)c3)c(C#N)cnc2cc1OC([2H])([2H])C([2H])([2H])[2H]. The van der Waals surface area contributed by atoms with Crippen molar-refractivity contribution in [3.05, 3.63) is 94.9 Å². The molecule has 204 valence electrons. The Kier molecular flexibility index (Phi) is 7.25. The van der Waals surface area contributed by atoms with E-state index in [9.17, 15) is 10.1 Å². The number of rotatable bonds is 12. The van der Waals surface area contributed by atoms with Crippen LogP contribution in [0.25, 0.3) is 10.9 Å². The highest BCUT2D eigenvalue weighted by Gasteiger charge is 2.16. The number of allylic oxidation sites excluding steroid dienone is 1. The van der Waals surface area contributed by atoms with Crippen molar-refractivity contribution >= 4 is 39.7 Å². The number of likely N-dealkylation sites (N-methyl/N-ethyl adjacent to an activating group) is 1. The van der Waals surface area contributed by atoms with Crippen LogP contribution in [-0.2, 0) is 17.8 Å². The lowest BCUT2D eigenvalue weighted by atomic mass is 10.0. The summed E-state index contributed by atoms with van der Waals surface area (Å²) in [6, 6.07) is 15.0. The molecule has 2 aromatic heterocycles. The molecule has 8 nitrogen and oxygen atoms in total. The average molecular weight is 562 g/mol. The molecule has 0 unspecified atom stereocenters. The summed E-state index contributed by atoms with van der Waals surface area (Å²) in [5.74, 6) is -0.423. The molecule has 9 heteroatoms. The first kappa shape index (κ1) is 21.4. The minimum Gasteiger partial charge on any atom is -0.494 e. The number of anilines is 2. The third-order valence-electron chi connectivity index (χ3n) is 5.71. The standard InChI is InChI=1S/C31H30ClN5O3/c1-4-39-30-17-28-26(15-21(30)14-25(38)9-7-13-37(2)3)31(22(18-33)19-35-28)36-23-10-11-29(27(32)16-23)40-20-24-8-5-6-12-34-24/h5-12,15-17,19H,4,13-14,20H2,1-3H3,(H,35,36)/b9-7+/i1D3,4D2,9D. The monoisotopic (exact) mass is 561 g/mol. The van der Waals surface area contributed by atoms with Gasteiger partial charge in [0.15, 0.2) is 5.78 Å². The van der Waals surface area contributed by atoms with Crippen molar-refractivity contribution in [2.75, 3.05) is 32.5 Å². The van der Waals surface area contributed by atoms with Gasteiger partial charge in [0.05, 0.1) is 38.2 Å². The van der Waals surface area contributed by atoms with E-state index in [4.69, 9.17) is 29.3 Å². The summed E-state index contributed by atoms with van der Waals surface area (Å²) in [6.45, 7) is -5.70. The Balaban J connectivity index is 1.74. The molecule has 4 aromatic rings. The molecule has 0 amide bonds. The number of aromatic nitrogens is 2. The maximum Gasteiger partial charge on any atom is 0.159 e. The summed E-state index contributed by atoms with van der Waals surface area (Å²) in [7, 11) is 3.56. The van der Waals surface area contributed by atoms with Crippen LogP contribution < -0.4 is 14.8 Å². The van der Waals surface area contributed by atoms with E-state index in [-0.39, 0.29) is 35.1 Å². The lowest BCUT2D eigenvalue weighted by Gasteiger charge is -2.16. The number of hydrogen-bond acceptors (Lipinski definition) is 8. The van der Waals surface area contributed by atoms with Crippen LogP contribution in [0.5, 0.6) is 11.5 Å². The molecule has 4 rings (SSSR count). The number of fused-ring (bicyclic) bond motifs is 1. The summed E-state index contributed by atoms with van der Waals surface area (Å²) < 4.78 is 58.1. The van der Waals surface area contributed by atoms with Crippen LogP contribution >= 0.6 is 11.6 Å². The fourth-order valence-corrected chi connectivity index (χ4v) is 4.05. The summed E-state index contributed by atoms with van der Waals surface area (Å²) in [5, 5.41) is 13.7. The number of nitriles is 1. The van der Waals surface area contributed by atoms with E-state index in [1.807, 2.05) is 12.1 Å². The van der Waals surface area contributed by atoms with Crippen molar-refractivity contribution in [3.8, 4) is 17.6 Å². The molecule has 0 aliphatic carbocycles. The smallest absolute Gasteiger partial charge is 0.159 e. The molecule has 0 spiro atoms. The number of ether oxygens (including phenoxy) is 2. The summed E-state index contributed by atoms with van der Waals surface area (Å²) in [4.78, 5) is 23.3. The molecule has 0 bridgehead atoms. The Morgan fingerprint density at radius 2 is 2.10 bits per heavy atom. The first-order chi connectivity index (χ1) is 21.7. The van der Waals surface area contributed by atoms with Crippen molar-refractivity contribution in [2.45, 2.75) is 19.9 Å². The second-order valence-electron chi connectivity index (χ2n) is 8.93. The Labute approximate surface area is 247 Å². The predicted octanol–water partition coefficient (Wildman–Crippen LogP) is 6.11. The second-order valence-corrected chi connectivity index (χ2v) is 9.34. The topological polar surface area (TPSA) is 100 Å². The number of hydrogen-bond donors (Lipinski definition) is 1. The van der Waals surface area contributed by atoms with E-state index in [1.54, 1.807) is 49.5 Å². The molecule has 1 N–H and O–H groups in total. The molecular weight excluding hydrogens is 526 g/mol. The molecule has 0 atom stereocenters. The number of carbonyl (C=O) groups excluding carboxylic acids is 1.